The monoisotopic (exact) mass is 355 g/mol. The number of carbonyl (C=O) groups is 2. The van der Waals surface area contributed by atoms with E-state index in [1.165, 1.54) is 6.07 Å². The smallest absolute Gasteiger partial charge is 0.235 e. The first-order valence-electron chi connectivity index (χ1n) is 8.47. The summed E-state index contributed by atoms with van der Waals surface area (Å²) in [6, 6.07) is 8.65. The highest BCUT2D eigenvalue weighted by molar-refractivity contribution is 6.21. The second-order valence-electron chi connectivity index (χ2n) is 6.21. The van der Waals surface area contributed by atoms with Gasteiger partial charge < -0.3 is 20.6 Å². The van der Waals surface area contributed by atoms with E-state index in [1.807, 2.05) is 13.1 Å². The van der Waals surface area contributed by atoms with Crippen molar-refractivity contribution in [3.8, 4) is 11.5 Å². The van der Waals surface area contributed by atoms with Crippen LogP contribution < -0.4 is 15.4 Å². The Morgan fingerprint density at radius 1 is 1.35 bits per heavy atom. The molecule has 1 aliphatic heterocycles. The van der Waals surface area contributed by atoms with Crippen LogP contribution in [0.3, 0.4) is 0 Å². The van der Waals surface area contributed by atoms with E-state index in [4.69, 9.17) is 10.1 Å². The molecule has 2 amide bonds. The van der Waals surface area contributed by atoms with E-state index in [1.54, 1.807) is 18.2 Å². The second kappa shape index (κ2) is 7.53. The van der Waals surface area contributed by atoms with Crippen molar-refractivity contribution in [3.63, 3.8) is 0 Å². The van der Waals surface area contributed by atoms with Crippen LogP contribution in [0.4, 0.5) is 0 Å². The molecule has 0 saturated carbocycles. The predicted molar refractivity (Wildman–Crippen MR) is 97.7 cm³/mol. The van der Waals surface area contributed by atoms with Crippen molar-refractivity contribution in [2.24, 2.45) is 5.92 Å². The van der Waals surface area contributed by atoms with Crippen LogP contribution >= 0.6 is 0 Å². The molecule has 4 N–H and O–H groups in total. The Hall–Kier alpha value is -2.93. The van der Waals surface area contributed by atoms with Crippen molar-refractivity contribution in [2.45, 2.75) is 12.8 Å². The third-order valence-electron chi connectivity index (χ3n) is 4.45. The van der Waals surface area contributed by atoms with Crippen molar-refractivity contribution in [1.82, 2.24) is 10.6 Å². The number of phenols is 1. The lowest BCUT2D eigenvalue weighted by molar-refractivity contribution is -0.134. The number of ether oxygens (including phenoxy) is 1. The van der Waals surface area contributed by atoms with Crippen molar-refractivity contribution in [1.29, 1.82) is 5.41 Å². The fourth-order valence-electron chi connectivity index (χ4n) is 3.08. The number of fused-ring (bicyclic) bond motifs is 1. The normalized spacial score (nSPS) is 17.2. The minimum atomic E-state index is -0.754. The number of rotatable bonds is 6. The van der Waals surface area contributed by atoms with Crippen molar-refractivity contribution >= 4 is 28.3 Å². The van der Waals surface area contributed by atoms with E-state index in [0.717, 1.165) is 11.9 Å². The number of hydrogen-bond donors (Lipinski definition) is 4. The fourth-order valence-corrected chi connectivity index (χ4v) is 3.08. The third kappa shape index (κ3) is 3.52. The number of hydrogen-bond acceptors (Lipinski definition) is 6. The average molecular weight is 355 g/mol. The van der Waals surface area contributed by atoms with Gasteiger partial charge in [0.2, 0.25) is 11.8 Å². The highest BCUT2D eigenvalue weighted by Crippen LogP contribution is 2.33. The van der Waals surface area contributed by atoms with Gasteiger partial charge >= 0.3 is 0 Å². The molecule has 7 nitrogen and oxygen atoms in total. The van der Waals surface area contributed by atoms with Gasteiger partial charge in [-0.15, -0.1) is 0 Å². The first kappa shape index (κ1) is 17.9. The SMILES string of the molecule is CNCCOc1ccc2c(C(=N)C3CCC(=O)NC3=O)c(O)ccc2c1. The minimum absolute atomic E-state index is 0.0157. The van der Waals surface area contributed by atoms with Gasteiger partial charge in [-0.2, -0.15) is 0 Å². The van der Waals surface area contributed by atoms with Gasteiger partial charge in [-0.25, -0.2) is 0 Å². The second-order valence-corrected chi connectivity index (χ2v) is 6.21. The molecule has 3 rings (SSSR count). The van der Waals surface area contributed by atoms with Crippen molar-refractivity contribution < 1.29 is 19.4 Å². The minimum Gasteiger partial charge on any atom is -0.507 e. The van der Waals surface area contributed by atoms with Crippen LogP contribution in [0, 0.1) is 11.3 Å². The molecule has 1 saturated heterocycles. The summed E-state index contributed by atoms with van der Waals surface area (Å²) in [5, 5.41) is 25.5. The molecule has 136 valence electrons. The number of aromatic hydroxyl groups is 1. The van der Waals surface area contributed by atoms with E-state index in [9.17, 15) is 14.7 Å². The summed E-state index contributed by atoms with van der Waals surface area (Å²) in [4.78, 5) is 23.4. The molecule has 1 heterocycles. The van der Waals surface area contributed by atoms with Gasteiger partial charge in [0.25, 0.3) is 0 Å². The molecular weight excluding hydrogens is 334 g/mol. The van der Waals surface area contributed by atoms with E-state index in [0.29, 0.717) is 23.3 Å². The largest absolute Gasteiger partial charge is 0.507 e. The zero-order chi connectivity index (χ0) is 18.7. The number of amides is 2. The van der Waals surface area contributed by atoms with Crippen LogP contribution in [0.1, 0.15) is 18.4 Å². The molecule has 0 spiro atoms. The van der Waals surface area contributed by atoms with Gasteiger partial charge in [-0.1, -0.05) is 6.07 Å². The van der Waals surface area contributed by atoms with Crippen LogP contribution in [0.15, 0.2) is 30.3 Å². The van der Waals surface area contributed by atoms with E-state index in [-0.39, 0.29) is 30.2 Å². The number of benzene rings is 2. The summed E-state index contributed by atoms with van der Waals surface area (Å²) in [7, 11) is 1.85. The highest BCUT2D eigenvalue weighted by Gasteiger charge is 2.32. The lowest BCUT2D eigenvalue weighted by atomic mass is 9.86. The number of imide groups is 1. The fraction of sp³-hybridized carbons (Fsp3) is 0.316. The van der Waals surface area contributed by atoms with Gasteiger partial charge in [-0.3, -0.25) is 14.9 Å². The molecule has 2 aromatic rings. The van der Waals surface area contributed by atoms with Crippen molar-refractivity contribution in [3.05, 3.63) is 35.9 Å². The molecule has 0 aromatic heterocycles. The lowest BCUT2D eigenvalue weighted by Gasteiger charge is -2.23. The van der Waals surface area contributed by atoms with Gasteiger partial charge in [0.15, 0.2) is 0 Å². The molecule has 1 unspecified atom stereocenters. The van der Waals surface area contributed by atoms with Crippen LogP contribution in [0.25, 0.3) is 10.8 Å². The Labute approximate surface area is 150 Å². The topological polar surface area (TPSA) is 112 Å². The van der Waals surface area contributed by atoms with Crippen LogP contribution in [-0.2, 0) is 9.59 Å². The van der Waals surface area contributed by atoms with Crippen LogP contribution in [-0.4, -0.2) is 42.8 Å². The molecule has 1 aliphatic rings. The molecular formula is C19H21N3O4. The number of piperidine rings is 1. The Morgan fingerprint density at radius 3 is 2.88 bits per heavy atom. The Balaban J connectivity index is 1.94. The van der Waals surface area contributed by atoms with Crippen molar-refractivity contribution in [2.75, 3.05) is 20.2 Å². The molecule has 0 aliphatic carbocycles. The Morgan fingerprint density at radius 2 is 2.15 bits per heavy atom. The predicted octanol–water partition coefficient (Wildman–Crippen LogP) is 1.56. The summed E-state index contributed by atoms with van der Waals surface area (Å²) in [5.74, 6) is -0.942. The summed E-state index contributed by atoms with van der Waals surface area (Å²) in [5.41, 5.74) is 0.334. The quantitative estimate of drug-likeness (QED) is 0.357. The summed E-state index contributed by atoms with van der Waals surface area (Å²) >= 11 is 0. The maximum absolute atomic E-state index is 12.1. The number of likely N-dealkylation sites (N-methyl/N-ethyl adjacent to an activating group) is 1. The van der Waals surface area contributed by atoms with Crippen LogP contribution in [0.5, 0.6) is 11.5 Å². The van der Waals surface area contributed by atoms with E-state index in [2.05, 4.69) is 10.6 Å². The van der Waals surface area contributed by atoms with Gasteiger partial charge in [0.1, 0.15) is 18.1 Å². The molecule has 1 atom stereocenters. The Kier molecular flexibility index (Phi) is 5.18. The summed E-state index contributed by atoms with van der Waals surface area (Å²) in [6.45, 7) is 1.25. The molecule has 1 fully saturated rings. The molecule has 0 bridgehead atoms. The summed E-state index contributed by atoms with van der Waals surface area (Å²) < 4.78 is 5.65. The number of carbonyl (C=O) groups excluding carboxylic acids is 2. The standard InChI is InChI=1S/C19H21N3O4/c1-21-8-9-26-12-3-4-13-11(10-12)2-6-15(23)17(13)18(20)14-5-7-16(24)22-19(14)25/h2-4,6,10,14,20-21,23H,5,7-9H2,1H3,(H,22,24,25). The molecule has 2 aromatic carbocycles. The molecule has 0 radical (unpaired) electrons. The first-order chi connectivity index (χ1) is 12.5. The van der Waals surface area contributed by atoms with Gasteiger partial charge in [-0.05, 0) is 48.5 Å². The average Bonchev–Trinajstić information content (AvgIpc) is 2.61. The van der Waals surface area contributed by atoms with Gasteiger partial charge in [0, 0.05) is 18.5 Å². The van der Waals surface area contributed by atoms with Crippen LogP contribution in [0.2, 0.25) is 0 Å². The maximum atomic E-state index is 12.1. The highest BCUT2D eigenvalue weighted by atomic mass is 16.5. The third-order valence-corrected chi connectivity index (χ3v) is 4.45. The summed E-state index contributed by atoms with van der Waals surface area (Å²) in [6.07, 6.45) is 0.457. The van der Waals surface area contributed by atoms with E-state index < -0.39 is 11.8 Å². The maximum Gasteiger partial charge on any atom is 0.235 e. The zero-order valence-corrected chi connectivity index (χ0v) is 14.5. The number of phenolic OH excluding ortho intramolecular Hbond substituents is 1. The number of nitrogens with one attached hydrogen (secondary N) is 3. The molecule has 26 heavy (non-hydrogen) atoms. The molecule has 7 heteroatoms. The van der Waals surface area contributed by atoms with E-state index >= 15 is 0 Å². The lowest BCUT2D eigenvalue weighted by Crippen LogP contribution is -2.43. The van der Waals surface area contributed by atoms with Gasteiger partial charge in [0.05, 0.1) is 11.6 Å². The Bertz CT molecular complexity index is 878. The first-order valence-corrected chi connectivity index (χ1v) is 8.47. The zero-order valence-electron chi connectivity index (χ0n) is 14.5.